The monoisotopic (exact) mass is 275 g/mol. The molecule has 108 valence electrons. The van der Waals surface area contributed by atoms with Crippen molar-refractivity contribution >= 4 is 5.97 Å². The fourth-order valence-electron chi connectivity index (χ4n) is 5.63. The summed E-state index contributed by atoms with van der Waals surface area (Å²) in [5, 5.41) is 17.2. The number of carbonyl (C=O) groups is 1. The van der Waals surface area contributed by atoms with Crippen molar-refractivity contribution < 1.29 is 9.90 Å². The van der Waals surface area contributed by atoms with Gasteiger partial charge in [0.15, 0.2) is 6.04 Å². The summed E-state index contributed by atoms with van der Waals surface area (Å²) in [7, 11) is 0. The summed E-state index contributed by atoms with van der Waals surface area (Å²) in [5.74, 6) is 1.79. The molecule has 4 aliphatic carbocycles. The first-order valence-corrected chi connectivity index (χ1v) is 7.72. The minimum atomic E-state index is -0.772. The Morgan fingerprint density at radius 3 is 2.30 bits per heavy atom. The lowest BCUT2D eigenvalue weighted by molar-refractivity contribution is -0.145. The Bertz CT molecular complexity index is 476. The lowest BCUT2D eigenvalue weighted by Gasteiger charge is -2.57. The summed E-state index contributed by atoms with van der Waals surface area (Å²) in [6.45, 7) is 0. The third-order valence-corrected chi connectivity index (χ3v) is 5.84. The highest BCUT2D eigenvalue weighted by Gasteiger charge is 2.52. The van der Waals surface area contributed by atoms with Crippen LogP contribution in [0.1, 0.15) is 51.0 Å². The molecule has 1 heterocycles. The summed E-state index contributed by atoms with van der Waals surface area (Å²) in [6.07, 6.45) is 11.8. The van der Waals surface area contributed by atoms with Gasteiger partial charge in [0.05, 0.1) is 6.20 Å². The maximum atomic E-state index is 11.6. The van der Waals surface area contributed by atoms with Crippen molar-refractivity contribution in [3.8, 4) is 0 Å². The Morgan fingerprint density at radius 1 is 1.25 bits per heavy atom. The molecule has 0 aromatic carbocycles. The second-order valence-corrected chi connectivity index (χ2v) is 7.36. The molecular formula is C15H21N3O2. The Kier molecular flexibility index (Phi) is 2.66. The molecule has 0 radical (unpaired) electrons. The van der Waals surface area contributed by atoms with Crippen LogP contribution in [0.3, 0.4) is 0 Å². The molecule has 5 nitrogen and oxygen atoms in total. The molecule has 0 amide bonds. The van der Waals surface area contributed by atoms with Crippen molar-refractivity contribution in [2.24, 2.45) is 23.2 Å². The molecule has 4 bridgehead atoms. The molecule has 1 aromatic rings. The van der Waals surface area contributed by atoms with Gasteiger partial charge in [0.25, 0.3) is 0 Å². The molecule has 1 aromatic heterocycles. The van der Waals surface area contributed by atoms with Crippen LogP contribution in [-0.2, 0) is 4.79 Å². The largest absolute Gasteiger partial charge is 0.480 e. The number of aromatic nitrogens is 3. The summed E-state index contributed by atoms with van der Waals surface area (Å²) in [4.78, 5) is 11.6. The first kappa shape index (κ1) is 12.4. The average molecular weight is 275 g/mol. The number of carboxylic acid groups (broad SMARTS) is 1. The van der Waals surface area contributed by atoms with Gasteiger partial charge in [0.1, 0.15) is 0 Å². The predicted molar refractivity (Wildman–Crippen MR) is 71.9 cm³/mol. The molecule has 5 heteroatoms. The number of hydrogen-bond acceptors (Lipinski definition) is 3. The van der Waals surface area contributed by atoms with E-state index in [1.54, 1.807) is 12.4 Å². The van der Waals surface area contributed by atoms with Crippen LogP contribution in [0.25, 0.3) is 0 Å². The van der Waals surface area contributed by atoms with Crippen molar-refractivity contribution in [2.75, 3.05) is 0 Å². The minimum Gasteiger partial charge on any atom is -0.480 e. The highest BCUT2D eigenvalue weighted by molar-refractivity contribution is 5.71. The van der Waals surface area contributed by atoms with E-state index in [0.717, 1.165) is 24.2 Å². The minimum absolute atomic E-state index is 0.254. The van der Waals surface area contributed by atoms with Crippen LogP contribution in [0.2, 0.25) is 0 Å². The fraction of sp³-hybridized carbons (Fsp3) is 0.800. The highest BCUT2D eigenvalue weighted by Crippen LogP contribution is 2.62. The second kappa shape index (κ2) is 4.30. The van der Waals surface area contributed by atoms with Gasteiger partial charge in [0.2, 0.25) is 0 Å². The lowest BCUT2D eigenvalue weighted by Crippen LogP contribution is -2.47. The zero-order valence-corrected chi connectivity index (χ0v) is 11.6. The van der Waals surface area contributed by atoms with E-state index in [0.29, 0.717) is 0 Å². The van der Waals surface area contributed by atoms with Gasteiger partial charge in [-0.1, -0.05) is 5.21 Å². The molecule has 20 heavy (non-hydrogen) atoms. The van der Waals surface area contributed by atoms with Gasteiger partial charge in [0, 0.05) is 6.20 Å². The van der Waals surface area contributed by atoms with Gasteiger partial charge in [-0.05, 0) is 68.1 Å². The standard InChI is InChI=1S/C15H21N3O2/c19-14(20)13(18-2-1-16-17-18)9-15-6-10-3-11(7-15)5-12(4-10)8-15/h1-2,10-13H,3-9H2,(H,19,20). The first-order valence-electron chi connectivity index (χ1n) is 7.72. The molecule has 1 N–H and O–H groups in total. The van der Waals surface area contributed by atoms with Crippen molar-refractivity contribution in [1.29, 1.82) is 0 Å². The molecule has 4 fully saturated rings. The van der Waals surface area contributed by atoms with Crippen LogP contribution >= 0.6 is 0 Å². The van der Waals surface area contributed by atoms with Gasteiger partial charge in [-0.2, -0.15) is 0 Å². The maximum Gasteiger partial charge on any atom is 0.328 e. The van der Waals surface area contributed by atoms with Crippen molar-refractivity contribution in [3.05, 3.63) is 12.4 Å². The van der Waals surface area contributed by atoms with E-state index in [2.05, 4.69) is 10.3 Å². The first-order chi connectivity index (χ1) is 9.63. The van der Waals surface area contributed by atoms with Crippen LogP contribution in [0, 0.1) is 23.2 Å². The Morgan fingerprint density at radius 2 is 1.85 bits per heavy atom. The Hall–Kier alpha value is -1.39. The van der Waals surface area contributed by atoms with E-state index in [9.17, 15) is 9.90 Å². The van der Waals surface area contributed by atoms with Crippen LogP contribution in [0.5, 0.6) is 0 Å². The van der Waals surface area contributed by atoms with Crippen molar-refractivity contribution in [2.45, 2.75) is 51.0 Å². The summed E-state index contributed by atoms with van der Waals surface area (Å²) >= 11 is 0. The van der Waals surface area contributed by atoms with E-state index in [-0.39, 0.29) is 5.41 Å². The summed E-state index contributed by atoms with van der Waals surface area (Å²) in [5.41, 5.74) is 0.254. The van der Waals surface area contributed by atoms with Crippen molar-refractivity contribution in [1.82, 2.24) is 15.0 Å². The second-order valence-electron chi connectivity index (χ2n) is 7.36. The molecule has 0 aliphatic heterocycles. The SMILES string of the molecule is O=C(O)C(CC12CC3CC(CC(C3)C1)C2)n1ccnn1. The van der Waals surface area contributed by atoms with E-state index in [1.807, 2.05) is 0 Å². The molecule has 4 saturated carbocycles. The van der Waals surface area contributed by atoms with Crippen LogP contribution in [0.4, 0.5) is 0 Å². The zero-order valence-electron chi connectivity index (χ0n) is 11.6. The third-order valence-electron chi connectivity index (χ3n) is 5.84. The maximum absolute atomic E-state index is 11.6. The van der Waals surface area contributed by atoms with E-state index < -0.39 is 12.0 Å². The molecule has 1 atom stereocenters. The molecule has 0 saturated heterocycles. The van der Waals surface area contributed by atoms with Crippen LogP contribution < -0.4 is 0 Å². The molecule has 4 aliphatic rings. The number of aliphatic carboxylic acids is 1. The smallest absolute Gasteiger partial charge is 0.328 e. The van der Waals surface area contributed by atoms with E-state index in [1.165, 1.54) is 43.2 Å². The third kappa shape index (κ3) is 1.95. The number of nitrogens with zero attached hydrogens (tertiary/aromatic N) is 3. The zero-order chi connectivity index (χ0) is 13.7. The quantitative estimate of drug-likeness (QED) is 0.916. The Balaban J connectivity index is 1.59. The molecule has 1 unspecified atom stereocenters. The van der Waals surface area contributed by atoms with Crippen LogP contribution in [0.15, 0.2) is 12.4 Å². The normalized spacial score (nSPS) is 39.9. The van der Waals surface area contributed by atoms with Crippen LogP contribution in [-0.4, -0.2) is 26.1 Å². The van der Waals surface area contributed by atoms with E-state index in [4.69, 9.17) is 0 Å². The topological polar surface area (TPSA) is 68.0 Å². The molecule has 5 rings (SSSR count). The lowest BCUT2D eigenvalue weighted by atomic mass is 9.48. The van der Waals surface area contributed by atoms with Gasteiger partial charge in [-0.25, -0.2) is 9.48 Å². The number of hydrogen-bond donors (Lipinski definition) is 1. The molecular weight excluding hydrogens is 254 g/mol. The summed E-state index contributed by atoms with van der Waals surface area (Å²) in [6, 6.07) is -0.547. The van der Waals surface area contributed by atoms with Gasteiger partial charge in [-0.15, -0.1) is 5.10 Å². The average Bonchev–Trinajstić information content (AvgIpc) is 2.87. The summed E-state index contributed by atoms with van der Waals surface area (Å²) < 4.78 is 1.53. The van der Waals surface area contributed by atoms with E-state index >= 15 is 0 Å². The fourth-order valence-corrected chi connectivity index (χ4v) is 5.63. The van der Waals surface area contributed by atoms with Gasteiger partial charge in [-0.3, -0.25) is 0 Å². The van der Waals surface area contributed by atoms with Gasteiger partial charge >= 0.3 is 5.97 Å². The Labute approximate surface area is 118 Å². The predicted octanol–water partition coefficient (Wildman–Crippen LogP) is 2.51. The molecule has 0 spiro atoms. The van der Waals surface area contributed by atoms with Crippen molar-refractivity contribution in [3.63, 3.8) is 0 Å². The number of rotatable bonds is 4. The van der Waals surface area contributed by atoms with Gasteiger partial charge < -0.3 is 5.11 Å². The number of carboxylic acids is 1. The highest BCUT2D eigenvalue weighted by atomic mass is 16.4.